The van der Waals surface area contributed by atoms with E-state index in [1.165, 1.54) is 0 Å². The lowest BCUT2D eigenvalue weighted by Gasteiger charge is -2.27. The van der Waals surface area contributed by atoms with Crippen molar-refractivity contribution in [1.82, 2.24) is 9.47 Å². The van der Waals surface area contributed by atoms with Crippen LogP contribution in [-0.2, 0) is 22.5 Å². The number of aromatic carboxylic acids is 1. The molecule has 6 heteroatoms. The van der Waals surface area contributed by atoms with Crippen LogP contribution in [0.25, 0.3) is 0 Å². The van der Waals surface area contributed by atoms with E-state index in [1.54, 1.807) is 21.7 Å². The van der Waals surface area contributed by atoms with Gasteiger partial charge in [0.1, 0.15) is 6.54 Å². The van der Waals surface area contributed by atoms with Crippen LogP contribution in [0.2, 0.25) is 0 Å². The Morgan fingerprint density at radius 1 is 1.37 bits per heavy atom. The van der Waals surface area contributed by atoms with Gasteiger partial charge >= 0.3 is 5.97 Å². The molecular formula is C13H18N2O4. The lowest BCUT2D eigenvalue weighted by molar-refractivity contribution is -0.135. The number of carbonyl (C=O) groups excluding carboxylic acids is 1. The number of rotatable bonds is 4. The number of aromatic nitrogens is 1. The first-order valence-electron chi connectivity index (χ1n) is 6.40. The number of nitrogens with zero attached hydrogens (tertiary/aromatic N) is 2. The number of carbonyl (C=O) groups is 2. The third kappa shape index (κ3) is 2.96. The molecule has 1 N–H and O–H groups in total. The fourth-order valence-corrected chi connectivity index (χ4v) is 2.30. The van der Waals surface area contributed by atoms with Crippen LogP contribution in [0.4, 0.5) is 0 Å². The number of hydrogen-bond donors (Lipinski definition) is 1. The van der Waals surface area contributed by atoms with Crippen LogP contribution in [0.5, 0.6) is 0 Å². The number of carboxylic acid groups (broad SMARTS) is 1. The molecule has 1 aliphatic rings. The Labute approximate surface area is 111 Å². The second-order valence-electron chi connectivity index (χ2n) is 4.46. The van der Waals surface area contributed by atoms with Gasteiger partial charge in [-0.2, -0.15) is 0 Å². The molecule has 1 fully saturated rings. The van der Waals surface area contributed by atoms with Crippen molar-refractivity contribution < 1.29 is 19.4 Å². The van der Waals surface area contributed by atoms with Gasteiger partial charge in [-0.05, 0) is 12.5 Å². The average Bonchev–Trinajstić information content (AvgIpc) is 2.82. The van der Waals surface area contributed by atoms with Crippen molar-refractivity contribution in [3.63, 3.8) is 0 Å². The molecule has 2 rings (SSSR count). The molecule has 0 atom stereocenters. The number of ether oxygens (including phenoxy) is 1. The van der Waals surface area contributed by atoms with Crippen LogP contribution in [-0.4, -0.2) is 52.8 Å². The summed E-state index contributed by atoms with van der Waals surface area (Å²) in [4.78, 5) is 24.9. The Morgan fingerprint density at radius 2 is 2.05 bits per heavy atom. The normalized spacial score (nSPS) is 15.5. The van der Waals surface area contributed by atoms with Crippen molar-refractivity contribution in [3.8, 4) is 0 Å². The van der Waals surface area contributed by atoms with Crippen molar-refractivity contribution in [2.45, 2.75) is 19.9 Å². The van der Waals surface area contributed by atoms with Crippen LogP contribution in [0, 0.1) is 0 Å². The van der Waals surface area contributed by atoms with Gasteiger partial charge in [0.25, 0.3) is 0 Å². The van der Waals surface area contributed by atoms with Gasteiger partial charge in [0.05, 0.1) is 18.8 Å². The summed E-state index contributed by atoms with van der Waals surface area (Å²) in [5.74, 6) is -0.944. The molecule has 0 radical (unpaired) electrons. The van der Waals surface area contributed by atoms with Crippen LogP contribution in [0.15, 0.2) is 12.3 Å². The van der Waals surface area contributed by atoms with Crippen molar-refractivity contribution in [3.05, 3.63) is 23.5 Å². The minimum atomic E-state index is -0.950. The Hall–Kier alpha value is -1.82. The fourth-order valence-electron chi connectivity index (χ4n) is 2.30. The summed E-state index contributed by atoms with van der Waals surface area (Å²) in [5.41, 5.74) is 0.964. The smallest absolute Gasteiger partial charge is 0.337 e. The van der Waals surface area contributed by atoms with Crippen LogP contribution >= 0.6 is 0 Å². The predicted octanol–water partition coefficient (Wildman–Crippen LogP) is 0.607. The zero-order valence-corrected chi connectivity index (χ0v) is 11.0. The Balaban J connectivity index is 2.10. The van der Waals surface area contributed by atoms with E-state index in [9.17, 15) is 9.59 Å². The lowest BCUT2D eigenvalue weighted by atomic mass is 10.2. The molecule has 0 bridgehead atoms. The van der Waals surface area contributed by atoms with E-state index >= 15 is 0 Å². The largest absolute Gasteiger partial charge is 0.478 e. The van der Waals surface area contributed by atoms with Gasteiger partial charge in [0.2, 0.25) is 5.91 Å². The van der Waals surface area contributed by atoms with Crippen molar-refractivity contribution in [1.29, 1.82) is 0 Å². The summed E-state index contributed by atoms with van der Waals surface area (Å²) in [6.07, 6.45) is 2.26. The minimum Gasteiger partial charge on any atom is -0.478 e. The molecule has 1 amide bonds. The summed E-state index contributed by atoms with van der Waals surface area (Å²) in [7, 11) is 0. The van der Waals surface area contributed by atoms with E-state index in [2.05, 4.69) is 0 Å². The molecule has 2 heterocycles. The van der Waals surface area contributed by atoms with Gasteiger partial charge in [0, 0.05) is 25.0 Å². The highest BCUT2D eigenvalue weighted by Gasteiger charge is 2.20. The molecule has 1 aliphatic heterocycles. The quantitative estimate of drug-likeness (QED) is 0.866. The minimum absolute atomic E-state index is 0.00513. The first kappa shape index (κ1) is 13.6. The molecule has 1 aromatic rings. The predicted molar refractivity (Wildman–Crippen MR) is 68.2 cm³/mol. The molecule has 6 nitrogen and oxygen atoms in total. The summed E-state index contributed by atoms with van der Waals surface area (Å²) in [6.45, 7) is 4.42. The molecule has 1 aromatic heterocycles. The second-order valence-corrected chi connectivity index (χ2v) is 4.46. The zero-order valence-electron chi connectivity index (χ0n) is 11.0. The molecule has 104 valence electrons. The van der Waals surface area contributed by atoms with E-state index in [4.69, 9.17) is 9.84 Å². The molecule has 0 unspecified atom stereocenters. The Kier molecular flexibility index (Phi) is 4.21. The standard InChI is InChI=1S/C13H18N2O4/c1-2-11-10(13(17)18)3-4-15(11)9-12(16)14-5-7-19-8-6-14/h3-4H,2,5-9H2,1H3,(H,17,18). The Morgan fingerprint density at radius 3 is 2.63 bits per heavy atom. The van der Waals surface area contributed by atoms with Crippen LogP contribution in [0.1, 0.15) is 23.0 Å². The van der Waals surface area contributed by atoms with Crippen molar-refractivity contribution >= 4 is 11.9 Å². The summed E-state index contributed by atoms with van der Waals surface area (Å²) in [6, 6.07) is 1.55. The Bertz CT molecular complexity index is 475. The molecular weight excluding hydrogens is 248 g/mol. The van der Waals surface area contributed by atoms with Gasteiger partial charge in [-0.25, -0.2) is 4.79 Å². The van der Waals surface area contributed by atoms with E-state index in [0.29, 0.717) is 38.4 Å². The van der Waals surface area contributed by atoms with Gasteiger partial charge in [-0.3, -0.25) is 4.79 Å². The van der Waals surface area contributed by atoms with E-state index < -0.39 is 5.97 Å². The van der Waals surface area contributed by atoms with E-state index in [0.717, 1.165) is 0 Å². The van der Waals surface area contributed by atoms with Gasteiger partial charge in [-0.15, -0.1) is 0 Å². The topological polar surface area (TPSA) is 71.8 Å². The van der Waals surface area contributed by atoms with Crippen molar-refractivity contribution in [2.24, 2.45) is 0 Å². The van der Waals surface area contributed by atoms with Crippen LogP contribution < -0.4 is 0 Å². The van der Waals surface area contributed by atoms with Gasteiger partial charge < -0.3 is 19.3 Å². The van der Waals surface area contributed by atoms with Gasteiger partial charge in [-0.1, -0.05) is 6.92 Å². The first-order chi connectivity index (χ1) is 9.13. The zero-order chi connectivity index (χ0) is 13.8. The van der Waals surface area contributed by atoms with Crippen molar-refractivity contribution in [2.75, 3.05) is 26.3 Å². The highest BCUT2D eigenvalue weighted by molar-refractivity contribution is 5.89. The molecule has 19 heavy (non-hydrogen) atoms. The number of hydrogen-bond acceptors (Lipinski definition) is 3. The van der Waals surface area contributed by atoms with E-state index in [1.807, 2.05) is 6.92 Å². The first-order valence-corrected chi connectivity index (χ1v) is 6.40. The third-order valence-electron chi connectivity index (χ3n) is 3.31. The maximum atomic E-state index is 12.1. The molecule has 1 saturated heterocycles. The monoisotopic (exact) mass is 266 g/mol. The highest BCUT2D eigenvalue weighted by atomic mass is 16.5. The fraction of sp³-hybridized carbons (Fsp3) is 0.538. The average molecular weight is 266 g/mol. The SMILES string of the molecule is CCc1c(C(=O)O)ccn1CC(=O)N1CCOCC1. The van der Waals surface area contributed by atoms with E-state index in [-0.39, 0.29) is 18.0 Å². The summed E-state index contributed by atoms with van der Waals surface area (Å²) in [5, 5.41) is 9.07. The highest BCUT2D eigenvalue weighted by Crippen LogP contribution is 2.13. The maximum Gasteiger partial charge on any atom is 0.337 e. The summed E-state index contributed by atoms with van der Waals surface area (Å²) < 4.78 is 6.93. The molecule has 0 spiro atoms. The number of amides is 1. The lowest BCUT2D eigenvalue weighted by Crippen LogP contribution is -2.42. The maximum absolute atomic E-state index is 12.1. The third-order valence-corrected chi connectivity index (χ3v) is 3.31. The molecule has 0 aromatic carbocycles. The number of carboxylic acids is 1. The molecule has 0 aliphatic carbocycles. The summed E-state index contributed by atoms with van der Waals surface area (Å²) >= 11 is 0. The van der Waals surface area contributed by atoms with Gasteiger partial charge in [0.15, 0.2) is 0 Å². The number of morpholine rings is 1. The molecule has 0 saturated carbocycles. The van der Waals surface area contributed by atoms with Crippen LogP contribution in [0.3, 0.4) is 0 Å². The second kappa shape index (κ2) is 5.88.